The minimum atomic E-state index is 0.568. The maximum atomic E-state index is 5.69. The van der Waals surface area contributed by atoms with Crippen LogP contribution in [0, 0.1) is 0 Å². The van der Waals surface area contributed by atoms with Crippen LogP contribution in [0.5, 0.6) is 0 Å². The third-order valence-corrected chi connectivity index (χ3v) is 2.88. The molecule has 1 heterocycles. The summed E-state index contributed by atoms with van der Waals surface area (Å²) >= 11 is 1.79. The van der Waals surface area contributed by atoms with Gasteiger partial charge in [-0.25, -0.2) is 0 Å². The molecule has 2 N–H and O–H groups in total. The van der Waals surface area contributed by atoms with Crippen molar-refractivity contribution >= 4 is 22.7 Å². The summed E-state index contributed by atoms with van der Waals surface area (Å²) in [5.74, 6) is 0.976. The molecule has 1 aromatic heterocycles. The standard InChI is InChI=1S/C11H13NOS/c1-14-7-9-6-13-10-4-2-3-8(5-12)11(9)10/h2-4,6H,5,7,12H2,1H3. The SMILES string of the molecule is CSCc1coc2cccc(CN)c12. The highest BCUT2D eigenvalue weighted by Crippen LogP contribution is 2.27. The molecule has 3 heteroatoms. The smallest absolute Gasteiger partial charge is 0.134 e. The molecule has 0 fully saturated rings. The van der Waals surface area contributed by atoms with Crippen LogP contribution >= 0.6 is 11.8 Å². The molecule has 0 saturated carbocycles. The number of furan rings is 1. The second kappa shape index (κ2) is 4.07. The zero-order chi connectivity index (χ0) is 9.97. The molecule has 2 nitrogen and oxygen atoms in total. The number of rotatable bonds is 3. The van der Waals surface area contributed by atoms with E-state index in [9.17, 15) is 0 Å². The number of hydrogen-bond donors (Lipinski definition) is 1. The molecule has 74 valence electrons. The normalized spacial score (nSPS) is 11.0. The van der Waals surface area contributed by atoms with Gasteiger partial charge in [0.05, 0.1) is 6.26 Å². The van der Waals surface area contributed by atoms with Crippen molar-refractivity contribution in [2.45, 2.75) is 12.3 Å². The molecule has 0 saturated heterocycles. The van der Waals surface area contributed by atoms with Gasteiger partial charge in [-0.3, -0.25) is 0 Å². The van der Waals surface area contributed by atoms with Crippen LogP contribution in [-0.4, -0.2) is 6.26 Å². The van der Waals surface area contributed by atoms with Crippen molar-refractivity contribution < 1.29 is 4.42 Å². The Kier molecular flexibility index (Phi) is 2.79. The zero-order valence-corrected chi connectivity index (χ0v) is 8.93. The van der Waals surface area contributed by atoms with Crippen LogP contribution in [0.3, 0.4) is 0 Å². The fraction of sp³-hybridized carbons (Fsp3) is 0.273. The van der Waals surface area contributed by atoms with Crippen LogP contribution in [0.1, 0.15) is 11.1 Å². The third kappa shape index (κ3) is 1.53. The third-order valence-electron chi connectivity index (χ3n) is 2.28. The molecule has 14 heavy (non-hydrogen) atoms. The highest BCUT2D eigenvalue weighted by atomic mass is 32.2. The van der Waals surface area contributed by atoms with Crippen molar-refractivity contribution in [3.8, 4) is 0 Å². The quantitative estimate of drug-likeness (QED) is 0.841. The van der Waals surface area contributed by atoms with Gasteiger partial charge in [0.25, 0.3) is 0 Å². The molecular weight excluding hydrogens is 194 g/mol. The first kappa shape index (κ1) is 9.62. The number of benzene rings is 1. The molecule has 0 aliphatic heterocycles. The van der Waals surface area contributed by atoms with E-state index in [-0.39, 0.29) is 0 Å². The van der Waals surface area contributed by atoms with Crippen molar-refractivity contribution in [3.63, 3.8) is 0 Å². The molecule has 0 amide bonds. The molecule has 0 spiro atoms. The molecular formula is C11H13NOS. The minimum Gasteiger partial charge on any atom is -0.464 e. The van der Waals surface area contributed by atoms with Crippen molar-refractivity contribution in [2.75, 3.05) is 6.26 Å². The second-order valence-electron chi connectivity index (χ2n) is 3.19. The predicted molar refractivity (Wildman–Crippen MR) is 61.3 cm³/mol. The maximum Gasteiger partial charge on any atom is 0.134 e. The summed E-state index contributed by atoms with van der Waals surface area (Å²) in [7, 11) is 0. The summed E-state index contributed by atoms with van der Waals surface area (Å²) in [5, 5.41) is 1.20. The van der Waals surface area contributed by atoms with Crippen LogP contribution in [-0.2, 0) is 12.3 Å². The topological polar surface area (TPSA) is 39.2 Å². The molecule has 2 aromatic rings. The van der Waals surface area contributed by atoms with Crippen LogP contribution in [0.2, 0.25) is 0 Å². The Balaban J connectivity index is 2.62. The van der Waals surface area contributed by atoms with Gasteiger partial charge in [0.2, 0.25) is 0 Å². The summed E-state index contributed by atoms with van der Waals surface area (Å²) < 4.78 is 5.48. The first-order valence-electron chi connectivity index (χ1n) is 4.53. The fourth-order valence-electron chi connectivity index (χ4n) is 1.66. The molecule has 1 aromatic carbocycles. The van der Waals surface area contributed by atoms with E-state index in [0.29, 0.717) is 6.54 Å². The van der Waals surface area contributed by atoms with E-state index in [4.69, 9.17) is 10.2 Å². The lowest BCUT2D eigenvalue weighted by Gasteiger charge is -2.00. The highest BCUT2D eigenvalue weighted by molar-refractivity contribution is 7.97. The van der Waals surface area contributed by atoms with E-state index in [1.54, 1.807) is 11.8 Å². The van der Waals surface area contributed by atoms with Gasteiger partial charge < -0.3 is 10.2 Å². The summed E-state index contributed by atoms with van der Waals surface area (Å²) in [6, 6.07) is 6.02. The molecule has 0 radical (unpaired) electrons. The average Bonchev–Trinajstić information content (AvgIpc) is 2.62. The van der Waals surface area contributed by atoms with Gasteiger partial charge in [-0.15, -0.1) is 0 Å². The summed E-state index contributed by atoms with van der Waals surface area (Å²) in [6.07, 6.45) is 3.92. The van der Waals surface area contributed by atoms with Crippen LogP contribution in [0.25, 0.3) is 11.0 Å². The average molecular weight is 207 g/mol. The van der Waals surface area contributed by atoms with E-state index in [1.165, 1.54) is 16.5 Å². The van der Waals surface area contributed by atoms with Crippen molar-refractivity contribution in [2.24, 2.45) is 5.73 Å². The summed E-state index contributed by atoms with van der Waals surface area (Å²) in [5.41, 5.74) is 9.04. The fourth-order valence-corrected chi connectivity index (χ4v) is 2.19. The summed E-state index contributed by atoms with van der Waals surface area (Å²) in [6.45, 7) is 0.568. The minimum absolute atomic E-state index is 0.568. The Morgan fingerprint density at radius 1 is 1.36 bits per heavy atom. The Hall–Kier alpha value is -0.930. The maximum absolute atomic E-state index is 5.69. The van der Waals surface area contributed by atoms with Gasteiger partial charge in [-0.1, -0.05) is 12.1 Å². The molecule has 0 bridgehead atoms. The van der Waals surface area contributed by atoms with Crippen molar-refractivity contribution in [3.05, 3.63) is 35.6 Å². The number of nitrogens with two attached hydrogens (primary N) is 1. The van der Waals surface area contributed by atoms with Crippen LogP contribution in [0.4, 0.5) is 0 Å². The lowest BCUT2D eigenvalue weighted by Crippen LogP contribution is -1.97. The highest BCUT2D eigenvalue weighted by Gasteiger charge is 2.08. The number of fused-ring (bicyclic) bond motifs is 1. The van der Waals surface area contributed by atoms with Gasteiger partial charge in [0.1, 0.15) is 5.58 Å². The monoisotopic (exact) mass is 207 g/mol. The Morgan fingerprint density at radius 2 is 2.21 bits per heavy atom. The van der Waals surface area contributed by atoms with E-state index < -0.39 is 0 Å². The van der Waals surface area contributed by atoms with Crippen LogP contribution in [0.15, 0.2) is 28.9 Å². The first-order valence-corrected chi connectivity index (χ1v) is 5.93. The Morgan fingerprint density at radius 3 is 2.93 bits per heavy atom. The van der Waals surface area contributed by atoms with E-state index >= 15 is 0 Å². The van der Waals surface area contributed by atoms with Gasteiger partial charge in [-0.05, 0) is 17.9 Å². The van der Waals surface area contributed by atoms with Crippen molar-refractivity contribution in [1.29, 1.82) is 0 Å². The number of thioether (sulfide) groups is 1. The van der Waals surface area contributed by atoms with E-state index in [1.807, 2.05) is 18.4 Å². The predicted octanol–water partition coefficient (Wildman–Crippen LogP) is 2.75. The second-order valence-corrected chi connectivity index (χ2v) is 4.05. The van der Waals surface area contributed by atoms with Gasteiger partial charge in [0, 0.05) is 23.2 Å². The molecule has 0 aliphatic rings. The molecule has 2 rings (SSSR count). The largest absolute Gasteiger partial charge is 0.464 e. The van der Waals surface area contributed by atoms with E-state index in [0.717, 1.165) is 11.3 Å². The first-order chi connectivity index (χ1) is 6.86. The summed E-state index contributed by atoms with van der Waals surface area (Å²) in [4.78, 5) is 0. The molecule has 0 unspecified atom stereocenters. The lowest BCUT2D eigenvalue weighted by molar-refractivity contribution is 0.612. The van der Waals surface area contributed by atoms with Gasteiger partial charge in [0.15, 0.2) is 0 Å². The Bertz CT molecular complexity index is 436. The number of hydrogen-bond acceptors (Lipinski definition) is 3. The van der Waals surface area contributed by atoms with Crippen molar-refractivity contribution in [1.82, 2.24) is 0 Å². The lowest BCUT2D eigenvalue weighted by atomic mass is 10.1. The molecule has 0 atom stereocenters. The van der Waals surface area contributed by atoms with Gasteiger partial charge >= 0.3 is 0 Å². The van der Waals surface area contributed by atoms with Gasteiger partial charge in [-0.2, -0.15) is 11.8 Å². The van der Waals surface area contributed by atoms with E-state index in [2.05, 4.69) is 12.3 Å². The Labute approximate surface area is 87.5 Å². The molecule has 0 aliphatic carbocycles. The zero-order valence-electron chi connectivity index (χ0n) is 8.12. The van der Waals surface area contributed by atoms with Crippen LogP contribution < -0.4 is 5.73 Å².